The van der Waals surface area contributed by atoms with E-state index in [1.54, 1.807) is 54.6 Å². The Morgan fingerprint density at radius 2 is 1.81 bits per heavy atom. The van der Waals surface area contributed by atoms with Crippen molar-refractivity contribution in [2.45, 2.75) is 0 Å². The molecule has 0 saturated carbocycles. The third-order valence-electron chi connectivity index (χ3n) is 4.67. The molecular formula is C24H17ClO6. The Morgan fingerprint density at radius 3 is 2.55 bits per heavy atom. The second kappa shape index (κ2) is 8.53. The monoisotopic (exact) mass is 436 g/mol. The number of allylic oxidation sites excluding steroid dienone is 1. The first kappa shape index (κ1) is 20.5. The predicted molar refractivity (Wildman–Crippen MR) is 115 cm³/mol. The minimum Gasteiger partial charge on any atom is -0.493 e. The highest BCUT2D eigenvalue weighted by atomic mass is 35.5. The summed E-state index contributed by atoms with van der Waals surface area (Å²) in [5.74, 6) is 0.777. The fraction of sp³-hybridized carbons (Fsp3) is 0.0833. The number of para-hydroxylation sites is 1. The van der Waals surface area contributed by atoms with Crippen LogP contribution in [0.5, 0.6) is 23.0 Å². The van der Waals surface area contributed by atoms with Crippen LogP contribution < -0.4 is 18.9 Å². The van der Waals surface area contributed by atoms with Gasteiger partial charge in [-0.05, 0) is 36.4 Å². The van der Waals surface area contributed by atoms with Gasteiger partial charge in [-0.3, -0.25) is 4.79 Å². The maximum Gasteiger partial charge on any atom is 0.345 e. The van der Waals surface area contributed by atoms with Gasteiger partial charge in [-0.25, -0.2) is 4.79 Å². The molecule has 0 amide bonds. The van der Waals surface area contributed by atoms with Crippen LogP contribution in [0.1, 0.15) is 26.3 Å². The van der Waals surface area contributed by atoms with Crippen LogP contribution in [0.3, 0.4) is 0 Å². The lowest BCUT2D eigenvalue weighted by Gasteiger charge is -2.10. The van der Waals surface area contributed by atoms with Crippen molar-refractivity contribution in [3.8, 4) is 23.0 Å². The summed E-state index contributed by atoms with van der Waals surface area (Å²) in [7, 11) is 3.05. The van der Waals surface area contributed by atoms with E-state index in [-0.39, 0.29) is 27.9 Å². The van der Waals surface area contributed by atoms with Gasteiger partial charge in [0.2, 0.25) is 5.78 Å². The molecule has 0 aliphatic carbocycles. The molecule has 4 rings (SSSR count). The van der Waals surface area contributed by atoms with Crippen molar-refractivity contribution >= 4 is 29.4 Å². The SMILES string of the molecule is COc1cccc(/C=C2\Oc3cc(OC(=O)c4ccccc4Cl)ccc3C2=O)c1OC. The number of Topliss-reactive ketones (excluding diaryl/α,β-unsaturated/α-hetero) is 1. The largest absolute Gasteiger partial charge is 0.493 e. The van der Waals surface area contributed by atoms with Crippen LogP contribution in [0.15, 0.2) is 66.4 Å². The van der Waals surface area contributed by atoms with E-state index in [2.05, 4.69) is 0 Å². The fourth-order valence-corrected chi connectivity index (χ4v) is 3.40. The lowest BCUT2D eigenvalue weighted by Crippen LogP contribution is -2.09. The van der Waals surface area contributed by atoms with Gasteiger partial charge >= 0.3 is 5.97 Å². The Bertz CT molecular complexity index is 1210. The molecule has 1 aliphatic heterocycles. The molecule has 0 atom stereocenters. The van der Waals surface area contributed by atoms with E-state index < -0.39 is 5.97 Å². The molecule has 1 heterocycles. The van der Waals surface area contributed by atoms with Gasteiger partial charge in [-0.15, -0.1) is 0 Å². The van der Waals surface area contributed by atoms with Gasteiger partial charge in [0.15, 0.2) is 17.3 Å². The van der Waals surface area contributed by atoms with Crippen LogP contribution in [-0.4, -0.2) is 26.0 Å². The number of carbonyl (C=O) groups is 2. The Balaban J connectivity index is 1.60. The summed E-state index contributed by atoms with van der Waals surface area (Å²) >= 11 is 6.04. The van der Waals surface area contributed by atoms with E-state index in [4.69, 9.17) is 30.5 Å². The van der Waals surface area contributed by atoms with Crippen molar-refractivity contribution in [3.63, 3.8) is 0 Å². The zero-order valence-corrected chi connectivity index (χ0v) is 17.4. The summed E-state index contributed by atoms with van der Waals surface area (Å²) in [6, 6.07) is 16.5. The zero-order valence-electron chi connectivity index (χ0n) is 16.7. The van der Waals surface area contributed by atoms with Gasteiger partial charge in [-0.2, -0.15) is 0 Å². The molecule has 7 heteroatoms. The highest BCUT2D eigenvalue weighted by Gasteiger charge is 2.28. The van der Waals surface area contributed by atoms with Crippen LogP contribution in [0.4, 0.5) is 0 Å². The number of fused-ring (bicyclic) bond motifs is 1. The number of esters is 1. The van der Waals surface area contributed by atoms with Gasteiger partial charge in [0.05, 0.1) is 30.4 Å². The van der Waals surface area contributed by atoms with E-state index in [9.17, 15) is 9.59 Å². The number of ether oxygens (including phenoxy) is 4. The first-order chi connectivity index (χ1) is 15.0. The number of hydrogen-bond acceptors (Lipinski definition) is 6. The molecule has 0 aromatic heterocycles. The summed E-state index contributed by atoms with van der Waals surface area (Å²) in [5.41, 5.74) is 1.24. The maximum absolute atomic E-state index is 12.8. The number of rotatable bonds is 5. The molecular weight excluding hydrogens is 420 g/mol. The van der Waals surface area contributed by atoms with Crippen molar-refractivity contribution in [3.05, 3.63) is 88.1 Å². The summed E-state index contributed by atoms with van der Waals surface area (Å²) in [6.45, 7) is 0. The topological polar surface area (TPSA) is 71.1 Å². The predicted octanol–water partition coefficient (Wildman–Crippen LogP) is 5.19. The first-order valence-electron chi connectivity index (χ1n) is 9.28. The van der Waals surface area contributed by atoms with E-state index in [0.717, 1.165) is 0 Å². The minimum absolute atomic E-state index is 0.121. The average Bonchev–Trinajstić information content (AvgIpc) is 3.08. The van der Waals surface area contributed by atoms with Crippen LogP contribution in [0, 0.1) is 0 Å². The highest BCUT2D eigenvalue weighted by Crippen LogP contribution is 2.37. The van der Waals surface area contributed by atoms with Gasteiger partial charge in [-0.1, -0.05) is 35.9 Å². The Labute approximate surface area is 183 Å². The highest BCUT2D eigenvalue weighted by molar-refractivity contribution is 6.33. The second-order valence-electron chi connectivity index (χ2n) is 6.55. The van der Waals surface area contributed by atoms with Gasteiger partial charge < -0.3 is 18.9 Å². The van der Waals surface area contributed by atoms with E-state index in [0.29, 0.717) is 28.4 Å². The number of benzene rings is 3. The minimum atomic E-state index is -0.605. The molecule has 0 saturated heterocycles. The summed E-state index contributed by atoms with van der Waals surface area (Å²) in [5, 5.41) is 0.289. The van der Waals surface area contributed by atoms with E-state index in [1.165, 1.54) is 26.4 Å². The molecule has 0 radical (unpaired) electrons. The lowest BCUT2D eigenvalue weighted by molar-refractivity contribution is 0.0734. The molecule has 1 aliphatic rings. The fourth-order valence-electron chi connectivity index (χ4n) is 3.19. The molecule has 3 aromatic rings. The molecule has 6 nitrogen and oxygen atoms in total. The lowest BCUT2D eigenvalue weighted by atomic mass is 10.1. The second-order valence-corrected chi connectivity index (χ2v) is 6.96. The van der Waals surface area contributed by atoms with Crippen molar-refractivity contribution in [2.75, 3.05) is 14.2 Å². The molecule has 0 bridgehead atoms. The first-order valence-corrected chi connectivity index (χ1v) is 9.65. The van der Waals surface area contributed by atoms with Crippen molar-refractivity contribution in [1.82, 2.24) is 0 Å². The average molecular weight is 437 g/mol. The van der Waals surface area contributed by atoms with E-state index in [1.807, 2.05) is 0 Å². The third kappa shape index (κ3) is 3.98. The number of carbonyl (C=O) groups excluding carboxylic acids is 2. The Morgan fingerprint density at radius 1 is 1.00 bits per heavy atom. The van der Waals surface area contributed by atoms with Gasteiger partial charge in [0.1, 0.15) is 11.5 Å². The molecule has 31 heavy (non-hydrogen) atoms. The van der Waals surface area contributed by atoms with Crippen molar-refractivity contribution < 1.29 is 28.5 Å². The summed E-state index contributed by atoms with van der Waals surface area (Å²) in [4.78, 5) is 25.1. The summed E-state index contributed by atoms with van der Waals surface area (Å²) in [6.07, 6.45) is 1.58. The smallest absolute Gasteiger partial charge is 0.345 e. The Hall–Kier alpha value is -3.77. The third-order valence-corrected chi connectivity index (χ3v) is 5.00. The van der Waals surface area contributed by atoms with E-state index >= 15 is 0 Å². The standard InChI is InChI=1S/C24H17ClO6/c1-28-19-9-5-6-14(23(19)29-2)12-21-22(26)17-11-10-15(13-20(17)31-21)30-24(27)16-7-3-4-8-18(16)25/h3-13H,1-2H3/b21-12-. The number of ketones is 1. The summed E-state index contributed by atoms with van der Waals surface area (Å²) < 4.78 is 21.8. The quantitative estimate of drug-likeness (QED) is 0.311. The molecule has 3 aromatic carbocycles. The number of methoxy groups -OCH3 is 2. The molecule has 0 spiro atoms. The Kier molecular flexibility index (Phi) is 5.64. The molecule has 0 unspecified atom stereocenters. The van der Waals surface area contributed by atoms with Crippen LogP contribution in [0.2, 0.25) is 5.02 Å². The number of hydrogen-bond donors (Lipinski definition) is 0. The van der Waals surface area contributed by atoms with Crippen LogP contribution in [-0.2, 0) is 0 Å². The van der Waals surface area contributed by atoms with Gasteiger partial charge in [0.25, 0.3) is 0 Å². The molecule has 0 fully saturated rings. The zero-order chi connectivity index (χ0) is 22.0. The van der Waals surface area contributed by atoms with Gasteiger partial charge in [0, 0.05) is 11.6 Å². The molecule has 156 valence electrons. The van der Waals surface area contributed by atoms with Crippen molar-refractivity contribution in [1.29, 1.82) is 0 Å². The van der Waals surface area contributed by atoms with Crippen LogP contribution in [0.25, 0.3) is 6.08 Å². The molecule has 0 N–H and O–H groups in total. The normalized spacial score (nSPS) is 13.5. The number of halogens is 1. The van der Waals surface area contributed by atoms with Crippen LogP contribution >= 0.6 is 11.6 Å². The van der Waals surface area contributed by atoms with Crippen molar-refractivity contribution in [2.24, 2.45) is 0 Å². The maximum atomic E-state index is 12.8.